The van der Waals surface area contributed by atoms with Crippen LogP contribution in [0.2, 0.25) is 0 Å². The summed E-state index contributed by atoms with van der Waals surface area (Å²) >= 11 is 5.16. The summed E-state index contributed by atoms with van der Waals surface area (Å²) in [6.45, 7) is 2.09. The van der Waals surface area contributed by atoms with Crippen molar-refractivity contribution in [2.45, 2.75) is 13.0 Å². The Labute approximate surface area is 114 Å². The second-order valence-electron chi connectivity index (χ2n) is 3.54. The number of aryl methyl sites for hydroxylation is 1. The molecule has 2 aromatic rings. The average Bonchev–Trinajstić information content (AvgIpc) is 2.74. The number of hydrogen-bond donors (Lipinski definition) is 1. The van der Waals surface area contributed by atoms with Gasteiger partial charge in [-0.05, 0) is 52.6 Å². The molecular weight excluding hydrogens is 306 g/mol. The molecule has 0 spiro atoms. The number of benzene rings is 1. The molecule has 0 bridgehead atoms. The lowest BCUT2D eigenvalue weighted by Gasteiger charge is -2.13. The van der Waals surface area contributed by atoms with Crippen LogP contribution in [0.3, 0.4) is 0 Å². The second-order valence-corrected chi connectivity index (χ2v) is 5.23. The van der Waals surface area contributed by atoms with Crippen LogP contribution in [0.1, 0.15) is 22.7 Å². The molecule has 0 aliphatic rings. The van der Waals surface area contributed by atoms with Crippen molar-refractivity contribution in [3.8, 4) is 0 Å². The predicted octanol–water partition coefficient (Wildman–Crippen LogP) is 4.29. The van der Waals surface area contributed by atoms with Crippen molar-refractivity contribution < 1.29 is 0 Å². The molecule has 0 radical (unpaired) electrons. The van der Waals surface area contributed by atoms with Gasteiger partial charge in [-0.2, -0.15) is 11.3 Å². The van der Waals surface area contributed by atoms with Gasteiger partial charge in [0.15, 0.2) is 0 Å². The Balaban J connectivity index is 0.00000128. The molecule has 0 aliphatic heterocycles. The maximum atomic E-state index is 6.22. The third-order valence-electron chi connectivity index (χ3n) is 2.48. The minimum Gasteiger partial charge on any atom is -0.320 e. The summed E-state index contributed by atoms with van der Waals surface area (Å²) in [5.41, 5.74) is 9.81. The highest BCUT2D eigenvalue weighted by atomic mass is 79.9. The Morgan fingerprint density at radius 2 is 2.06 bits per heavy atom. The van der Waals surface area contributed by atoms with E-state index in [1.165, 1.54) is 16.7 Å². The summed E-state index contributed by atoms with van der Waals surface area (Å²) in [4.78, 5) is 0. The molecule has 2 rings (SSSR count). The zero-order valence-corrected chi connectivity index (χ0v) is 12.0. The lowest BCUT2D eigenvalue weighted by Crippen LogP contribution is -2.12. The fourth-order valence-electron chi connectivity index (χ4n) is 1.58. The number of rotatable bonds is 2. The monoisotopic (exact) mass is 317 g/mol. The molecule has 16 heavy (non-hydrogen) atoms. The highest BCUT2D eigenvalue weighted by molar-refractivity contribution is 9.10. The first kappa shape index (κ1) is 13.7. The molecule has 4 heteroatoms. The van der Waals surface area contributed by atoms with Gasteiger partial charge in [-0.3, -0.25) is 0 Å². The van der Waals surface area contributed by atoms with Crippen LogP contribution in [-0.2, 0) is 0 Å². The number of hydrogen-bond acceptors (Lipinski definition) is 2. The summed E-state index contributed by atoms with van der Waals surface area (Å²) in [7, 11) is 0. The first-order valence-electron chi connectivity index (χ1n) is 4.72. The molecule has 1 nitrogen and oxygen atoms in total. The van der Waals surface area contributed by atoms with Crippen molar-refractivity contribution in [1.29, 1.82) is 0 Å². The van der Waals surface area contributed by atoms with Crippen molar-refractivity contribution in [3.63, 3.8) is 0 Å². The molecule has 0 amide bonds. The first-order valence-corrected chi connectivity index (χ1v) is 6.46. The lowest BCUT2D eigenvalue weighted by atomic mass is 9.98. The Kier molecular flexibility index (Phi) is 4.99. The zero-order valence-electron chi connectivity index (χ0n) is 8.81. The zero-order chi connectivity index (χ0) is 10.8. The van der Waals surface area contributed by atoms with Gasteiger partial charge in [0.2, 0.25) is 0 Å². The smallest absolute Gasteiger partial charge is 0.0562 e. The molecule has 0 unspecified atom stereocenters. The molecule has 1 atom stereocenters. The van der Waals surface area contributed by atoms with Gasteiger partial charge in [-0.25, -0.2) is 0 Å². The van der Waals surface area contributed by atoms with E-state index in [1.54, 1.807) is 11.3 Å². The molecule has 0 saturated heterocycles. The highest BCUT2D eigenvalue weighted by Crippen LogP contribution is 2.26. The van der Waals surface area contributed by atoms with E-state index in [0.717, 1.165) is 4.47 Å². The molecule has 0 saturated carbocycles. The standard InChI is InChI=1S/C12H12BrNS.ClH/c1-8-2-3-10(13)6-11(8)12(14)9-4-5-15-7-9;/h2-7,12H,14H2,1H3;1H/t12-;/m0./s1. The molecule has 86 valence electrons. The van der Waals surface area contributed by atoms with Crippen molar-refractivity contribution in [3.05, 3.63) is 56.2 Å². The Hall–Kier alpha value is -0.350. The van der Waals surface area contributed by atoms with Crippen LogP contribution in [-0.4, -0.2) is 0 Å². The largest absolute Gasteiger partial charge is 0.320 e. The van der Waals surface area contributed by atoms with Gasteiger partial charge in [0, 0.05) is 4.47 Å². The summed E-state index contributed by atoms with van der Waals surface area (Å²) < 4.78 is 1.08. The Morgan fingerprint density at radius 3 is 2.69 bits per heavy atom. The predicted molar refractivity (Wildman–Crippen MR) is 76.5 cm³/mol. The summed E-state index contributed by atoms with van der Waals surface area (Å²) in [6, 6.07) is 8.28. The Morgan fingerprint density at radius 1 is 1.31 bits per heavy atom. The third-order valence-corrected chi connectivity index (χ3v) is 3.67. The van der Waals surface area contributed by atoms with Gasteiger partial charge in [-0.15, -0.1) is 12.4 Å². The number of nitrogens with two attached hydrogens (primary N) is 1. The average molecular weight is 319 g/mol. The van der Waals surface area contributed by atoms with E-state index in [0.29, 0.717) is 0 Å². The molecular formula is C12H13BrClNS. The number of thiophene rings is 1. The van der Waals surface area contributed by atoms with Crippen LogP contribution in [0.5, 0.6) is 0 Å². The number of halogens is 2. The molecule has 1 heterocycles. The quantitative estimate of drug-likeness (QED) is 0.878. The van der Waals surface area contributed by atoms with Gasteiger partial charge in [-0.1, -0.05) is 22.0 Å². The summed E-state index contributed by atoms with van der Waals surface area (Å²) in [5.74, 6) is 0. The van der Waals surface area contributed by atoms with Crippen molar-refractivity contribution in [2.24, 2.45) is 5.73 Å². The van der Waals surface area contributed by atoms with Crippen molar-refractivity contribution >= 4 is 39.7 Å². The van der Waals surface area contributed by atoms with E-state index in [4.69, 9.17) is 5.73 Å². The normalized spacial score (nSPS) is 11.9. The van der Waals surface area contributed by atoms with E-state index >= 15 is 0 Å². The fraction of sp³-hybridized carbons (Fsp3) is 0.167. The van der Waals surface area contributed by atoms with E-state index in [9.17, 15) is 0 Å². The SMILES string of the molecule is Cc1ccc(Br)cc1[C@@H](N)c1ccsc1.Cl. The summed E-state index contributed by atoms with van der Waals surface area (Å²) in [6.07, 6.45) is 0. The van der Waals surface area contributed by atoms with Crippen LogP contribution in [0, 0.1) is 6.92 Å². The molecule has 0 fully saturated rings. The van der Waals surface area contributed by atoms with E-state index in [1.807, 2.05) is 6.07 Å². The molecule has 2 N–H and O–H groups in total. The molecule has 1 aromatic heterocycles. The maximum Gasteiger partial charge on any atom is 0.0562 e. The molecule has 1 aromatic carbocycles. The summed E-state index contributed by atoms with van der Waals surface area (Å²) in [5, 5.41) is 4.16. The second kappa shape index (κ2) is 5.82. The minimum atomic E-state index is -0.0197. The van der Waals surface area contributed by atoms with Crippen LogP contribution in [0.15, 0.2) is 39.5 Å². The fourth-order valence-corrected chi connectivity index (χ4v) is 2.65. The Bertz CT molecular complexity index is 456. The minimum absolute atomic E-state index is 0. The van der Waals surface area contributed by atoms with Crippen molar-refractivity contribution in [2.75, 3.05) is 0 Å². The van der Waals surface area contributed by atoms with Crippen LogP contribution in [0.4, 0.5) is 0 Å². The van der Waals surface area contributed by atoms with Crippen molar-refractivity contribution in [1.82, 2.24) is 0 Å². The van der Waals surface area contributed by atoms with E-state index in [-0.39, 0.29) is 18.4 Å². The van der Waals surface area contributed by atoms with Crippen LogP contribution >= 0.6 is 39.7 Å². The van der Waals surface area contributed by atoms with Gasteiger partial charge in [0.05, 0.1) is 6.04 Å². The van der Waals surface area contributed by atoms with E-state index in [2.05, 4.69) is 51.8 Å². The van der Waals surface area contributed by atoms with Gasteiger partial charge in [0.1, 0.15) is 0 Å². The van der Waals surface area contributed by atoms with Crippen LogP contribution < -0.4 is 5.73 Å². The third kappa shape index (κ3) is 2.86. The maximum absolute atomic E-state index is 6.22. The first-order chi connectivity index (χ1) is 7.18. The van der Waals surface area contributed by atoms with Gasteiger partial charge >= 0.3 is 0 Å². The van der Waals surface area contributed by atoms with E-state index < -0.39 is 0 Å². The topological polar surface area (TPSA) is 26.0 Å². The highest BCUT2D eigenvalue weighted by Gasteiger charge is 2.11. The molecule has 0 aliphatic carbocycles. The van der Waals surface area contributed by atoms with Gasteiger partial charge in [0.25, 0.3) is 0 Å². The van der Waals surface area contributed by atoms with Crippen LogP contribution in [0.25, 0.3) is 0 Å². The lowest BCUT2D eigenvalue weighted by molar-refractivity contribution is 0.865. The van der Waals surface area contributed by atoms with Gasteiger partial charge < -0.3 is 5.73 Å².